The summed E-state index contributed by atoms with van der Waals surface area (Å²) in [6.07, 6.45) is 1.61. The first-order chi connectivity index (χ1) is 7.84. The molecule has 0 aromatic heterocycles. The lowest BCUT2D eigenvalue weighted by Crippen LogP contribution is -2.19. The molecule has 0 unspecified atom stereocenters. The monoisotopic (exact) mass is 317 g/mol. The number of hydrogen-bond acceptors (Lipinski definition) is 2. The van der Waals surface area contributed by atoms with Crippen molar-refractivity contribution in [1.29, 1.82) is 0 Å². The lowest BCUT2D eigenvalue weighted by Gasteiger charge is -2.12. The maximum absolute atomic E-state index is 11.7. The van der Waals surface area contributed by atoms with Crippen LogP contribution >= 0.6 is 15.9 Å². The third-order valence-electron chi connectivity index (χ3n) is 2.00. The predicted octanol–water partition coefficient (Wildman–Crippen LogP) is 3.34. The zero-order valence-electron chi connectivity index (χ0n) is 10.4. The minimum absolute atomic E-state index is 0.337. The Morgan fingerprint density at radius 3 is 2.59 bits per heavy atom. The minimum atomic E-state index is -1.23. The molecule has 0 aliphatic carbocycles. The van der Waals surface area contributed by atoms with Crippen LogP contribution in [0.4, 0.5) is 0 Å². The van der Waals surface area contributed by atoms with E-state index in [1.807, 2.05) is 39.0 Å². The van der Waals surface area contributed by atoms with Crippen molar-refractivity contribution in [3.8, 4) is 5.75 Å². The largest absolute Gasteiger partial charge is 0.496 e. The zero-order chi connectivity index (χ0) is 13.1. The van der Waals surface area contributed by atoms with Gasteiger partial charge in [-0.2, -0.15) is 4.40 Å². The molecule has 0 fully saturated rings. The lowest BCUT2D eigenvalue weighted by molar-refractivity contribution is 0.412. The first-order valence-electron chi connectivity index (χ1n) is 5.14. The Balaban J connectivity index is 2.89. The normalized spacial score (nSPS) is 13.9. The third-order valence-corrected chi connectivity index (χ3v) is 4.00. The summed E-state index contributed by atoms with van der Waals surface area (Å²) in [6.45, 7) is 5.67. The number of benzene rings is 1. The second kappa shape index (κ2) is 5.78. The molecule has 0 spiro atoms. The van der Waals surface area contributed by atoms with Crippen molar-refractivity contribution in [2.75, 3.05) is 7.11 Å². The minimum Gasteiger partial charge on any atom is -0.496 e. The zero-order valence-corrected chi connectivity index (χ0v) is 12.8. The topological polar surface area (TPSA) is 38.7 Å². The summed E-state index contributed by atoms with van der Waals surface area (Å²) >= 11 is 3.37. The van der Waals surface area contributed by atoms with Gasteiger partial charge < -0.3 is 4.74 Å². The molecule has 5 heteroatoms. The van der Waals surface area contributed by atoms with E-state index in [2.05, 4.69) is 20.3 Å². The van der Waals surface area contributed by atoms with E-state index < -0.39 is 11.0 Å². The van der Waals surface area contributed by atoms with Crippen LogP contribution < -0.4 is 4.74 Å². The number of rotatable bonds is 3. The van der Waals surface area contributed by atoms with Crippen LogP contribution in [0.2, 0.25) is 0 Å². The number of halogens is 1. The van der Waals surface area contributed by atoms with Crippen molar-refractivity contribution in [3.63, 3.8) is 0 Å². The van der Waals surface area contributed by atoms with Gasteiger partial charge >= 0.3 is 0 Å². The van der Waals surface area contributed by atoms with Gasteiger partial charge in [0.1, 0.15) is 16.7 Å². The number of methoxy groups -OCH3 is 1. The van der Waals surface area contributed by atoms with Gasteiger partial charge in [-0.25, -0.2) is 4.21 Å². The molecule has 17 heavy (non-hydrogen) atoms. The molecule has 3 nitrogen and oxygen atoms in total. The number of ether oxygens (including phenoxy) is 1. The Bertz CT molecular complexity index is 452. The summed E-state index contributed by atoms with van der Waals surface area (Å²) in [7, 11) is 0.371. The van der Waals surface area contributed by atoms with Crippen LogP contribution in [0.15, 0.2) is 27.1 Å². The molecular formula is C12H16BrNO2S. The van der Waals surface area contributed by atoms with Gasteiger partial charge in [-0.3, -0.25) is 0 Å². The van der Waals surface area contributed by atoms with E-state index >= 15 is 0 Å². The maximum atomic E-state index is 11.7. The maximum Gasteiger partial charge on any atom is 0.144 e. The molecule has 1 atom stereocenters. The van der Waals surface area contributed by atoms with Crippen LogP contribution in [0.25, 0.3) is 0 Å². The molecule has 1 aromatic rings. The lowest BCUT2D eigenvalue weighted by atomic mass is 10.2. The molecule has 0 saturated heterocycles. The smallest absolute Gasteiger partial charge is 0.144 e. The van der Waals surface area contributed by atoms with Crippen LogP contribution in [0.1, 0.15) is 26.3 Å². The van der Waals surface area contributed by atoms with Crippen molar-refractivity contribution >= 4 is 33.1 Å². The number of nitrogens with zero attached hydrogens (tertiary/aromatic N) is 1. The molecule has 0 bridgehead atoms. The summed E-state index contributed by atoms with van der Waals surface area (Å²) in [4.78, 5) is 0. The van der Waals surface area contributed by atoms with Gasteiger partial charge in [0.2, 0.25) is 0 Å². The standard InChI is InChI=1S/C12H16BrNO2S/c1-12(2,3)17(15)14-8-9-5-6-10(13)11(7-9)16-4/h5-8H,1-4H3/t17-/m0/s1. The Morgan fingerprint density at radius 2 is 2.06 bits per heavy atom. The average Bonchev–Trinajstić information content (AvgIpc) is 2.26. The van der Waals surface area contributed by atoms with Gasteiger partial charge in [-0.1, -0.05) is 6.07 Å². The second-order valence-corrected chi connectivity index (χ2v) is 7.28. The summed E-state index contributed by atoms with van der Waals surface area (Å²) in [5.41, 5.74) is 0.864. The first kappa shape index (κ1) is 14.4. The van der Waals surface area contributed by atoms with Gasteiger partial charge in [0.25, 0.3) is 0 Å². The van der Waals surface area contributed by atoms with E-state index in [-0.39, 0.29) is 4.75 Å². The highest BCUT2D eigenvalue weighted by atomic mass is 79.9. The van der Waals surface area contributed by atoms with Crippen LogP contribution in [-0.4, -0.2) is 22.3 Å². The highest BCUT2D eigenvalue weighted by Gasteiger charge is 2.18. The molecule has 0 aliphatic heterocycles. The number of hydrogen-bond donors (Lipinski definition) is 0. The summed E-state index contributed by atoms with van der Waals surface area (Å²) < 4.78 is 21.5. The highest BCUT2D eigenvalue weighted by Crippen LogP contribution is 2.25. The van der Waals surface area contributed by atoms with Crippen molar-refractivity contribution < 1.29 is 8.95 Å². The van der Waals surface area contributed by atoms with Crippen LogP contribution in [0, 0.1) is 0 Å². The fraction of sp³-hybridized carbons (Fsp3) is 0.417. The molecule has 0 N–H and O–H groups in total. The Hall–Kier alpha value is -0.680. The van der Waals surface area contributed by atoms with Crippen LogP contribution in [0.3, 0.4) is 0 Å². The van der Waals surface area contributed by atoms with Crippen molar-refractivity contribution in [3.05, 3.63) is 28.2 Å². The highest BCUT2D eigenvalue weighted by molar-refractivity contribution is 9.10. The molecule has 0 heterocycles. The molecular weight excluding hydrogens is 302 g/mol. The van der Waals surface area contributed by atoms with Crippen molar-refractivity contribution in [2.45, 2.75) is 25.5 Å². The van der Waals surface area contributed by atoms with Gasteiger partial charge in [0.15, 0.2) is 0 Å². The molecule has 94 valence electrons. The summed E-state index contributed by atoms with van der Waals surface area (Å²) in [6, 6.07) is 5.60. The van der Waals surface area contributed by atoms with E-state index in [0.717, 1.165) is 15.8 Å². The van der Waals surface area contributed by atoms with Crippen LogP contribution in [-0.2, 0) is 11.0 Å². The van der Waals surface area contributed by atoms with Crippen LogP contribution in [0.5, 0.6) is 5.75 Å². The van der Waals surface area contributed by atoms with Gasteiger partial charge in [-0.15, -0.1) is 0 Å². The van der Waals surface area contributed by atoms with E-state index in [9.17, 15) is 4.21 Å². The van der Waals surface area contributed by atoms with E-state index in [4.69, 9.17) is 4.74 Å². The van der Waals surface area contributed by atoms with Gasteiger partial charge in [0.05, 0.1) is 16.3 Å². The molecule has 0 radical (unpaired) electrons. The quantitative estimate of drug-likeness (QED) is 0.802. The molecule has 1 rings (SSSR count). The SMILES string of the molecule is COc1cc(C=N[S@@](=O)C(C)(C)C)ccc1Br. The summed E-state index contributed by atoms with van der Waals surface area (Å²) in [5.74, 6) is 0.732. The Kier molecular flexibility index (Phi) is 4.89. The van der Waals surface area contributed by atoms with Crippen molar-refractivity contribution in [2.24, 2.45) is 4.40 Å². The predicted molar refractivity (Wildman–Crippen MR) is 76.2 cm³/mol. The van der Waals surface area contributed by atoms with E-state index in [1.165, 1.54) is 0 Å². The van der Waals surface area contributed by atoms with Gasteiger partial charge in [-0.05, 0) is 54.4 Å². The Morgan fingerprint density at radius 1 is 1.41 bits per heavy atom. The molecule has 0 aliphatic rings. The summed E-state index contributed by atoms with van der Waals surface area (Å²) in [5, 5.41) is 0. The molecule has 0 amide bonds. The fourth-order valence-electron chi connectivity index (χ4n) is 1.02. The fourth-order valence-corrected chi connectivity index (χ4v) is 1.97. The van der Waals surface area contributed by atoms with E-state index in [1.54, 1.807) is 13.3 Å². The second-order valence-electron chi connectivity index (χ2n) is 4.49. The van der Waals surface area contributed by atoms with Gasteiger partial charge in [0, 0.05) is 6.21 Å². The molecule has 0 saturated carbocycles. The van der Waals surface area contributed by atoms with E-state index in [0.29, 0.717) is 0 Å². The average molecular weight is 318 g/mol. The Labute approximate surface area is 113 Å². The first-order valence-corrected chi connectivity index (χ1v) is 7.04. The molecule has 1 aromatic carbocycles. The van der Waals surface area contributed by atoms with Crippen molar-refractivity contribution in [1.82, 2.24) is 0 Å². The third kappa shape index (κ3) is 4.24.